The predicted octanol–water partition coefficient (Wildman–Crippen LogP) is 3.35. The fourth-order valence-corrected chi connectivity index (χ4v) is 5.21. The van der Waals surface area contributed by atoms with Crippen LogP contribution in [0.5, 0.6) is 0 Å². The molecule has 0 saturated carbocycles. The van der Waals surface area contributed by atoms with Crippen LogP contribution in [0.4, 0.5) is 0 Å². The number of benzene rings is 2. The van der Waals surface area contributed by atoms with Crippen molar-refractivity contribution in [2.75, 3.05) is 13.1 Å². The van der Waals surface area contributed by atoms with Gasteiger partial charge in [0.15, 0.2) is 0 Å². The Morgan fingerprint density at radius 3 is 2.48 bits per heavy atom. The Bertz CT molecular complexity index is 870. The van der Waals surface area contributed by atoms with Crippen LogP contribution in [0.25, 0.3) is 0 Å². The van der Waals surface area contributed by atoms with E-state index in [2.05, 4.69) is 21.2 Å². The van der Waals surface area contributed by atoms with Gasteiger partial charge in [0, 0.05) is 17.6 Å². The Morgan fingerprint density at radius 1 is 1.07 bits per heavy atom. The molecule has 5 nitrogen and oxygen atoms in total. The molecule has 3 rings (SSSR count). The third-order valence-electron chi connectivity index (χ3n) is 4.73. The first-order valence-corrected chi connectivity index (χ1v) is 11.3. The molecule has 1 atom stereocenters. The smallest absolute Gasteiger partial charge is 0.243 e. The van der Waals surface area contributed by atoms with Crippen LogP contribution in [0.15, 0.2) is 64.0 Å². The third-order valence-corrected chi connectivity index (χ3v) is 7.18. The molecule has 144 valence electrons. The van der Waals surface area contributed by atoms with Gasteiger partial charge in [-0.1, -0.05) is 52.7 Å². The number of piperidine rings is 1. The second-order valence-electron chi connectivity index (χ2n) is 6.61. The van der Waals surface area contributed by atoms with Gasteiger partial charge in [0.2, 0.25) is 15.9 Å². The zero-order valence-corrected chi connectivity index (χ0v) is 17.4. The number of carbonyl (C=O) groups excluding carboxylic acids is 1. The molecule has 1 fully saturated rings. The monoisotopic (exact) mass is 450 g/mol. The van der Waals surface area contributed by atoms with Gasteiger partial charge in [0.25, 0.3) is 0 Å². The quantitative estimate of drug-likeness (QED) is 0.733. The Morgan fingerprint density at radius 2 is 1.78 bits per heavy atom. The lowest BCUT2D eigenvalue weighted by atomic mass is 10.0. The van der Waals surface area contributed by atoms with Crippen LogP contribution >= 0.6 is 15.9 Å². The summed E-state index contributed by atoms with van der Waals surface area (Å²) >= 11 is 3.32. The molecule has 27 heavy (non-hydrogen) atoms. The predicted molar refractivity (Wildman–Crippen MR) is 109 cm³/mol. The van der Waals surface area contributed by atoms with Gasteiger partial charge in [-0.3, -0.25) is 4.79 Å². The maximum absolute atomic E-state index is 13.0. The third kappa shape index (κ3) is 4.97. The first kappa shape index (κ1) is 20.0. The second-order valence-corrected chi connectivity index (χ2v) is 9.41. The van der Waals surface area contributed by atoms with E-state index >= 15 is 0 Å². The van der Waals surface area contributed by atoms with Gasteiger partial charge in [-0.25, -0.2) is 8.42 Å². The summed E-state index contributed by atoms with van der Waals surface area (Å²) in [6, 6.07) is 15.8. The number of nitrogens with zero attached hydrogens (tertiary/aromatic N) is 1. The van der Waals surface area contributed by atoms with Crippen molar-refractivity contribution in [1.82, 2.24) is 9.62 Å². The first-order chi connectivity index (χ1) is 13.0. The maximum atomic E-state index is 13.0. The SMILES string of the molecule is O=C(NCCc1ccccc1)[C@H]1CCCCN1S(=O)(=O)c1ccc(Br)cc1. The van der Waals surface area contributed by atoms with Gasteiger partial charge in [-0.15, -0.1) is 0 Å². The van der Waals surface area contributed by atoms with Gasteiger partial charge in [-0.2, -0.15) is 4.31 Å². The number of nitrogens with one attached hydrogen (secondary N) is 1. The van der Waals surface area contributed by atoms with Crippen LogP contribution in [0.2, 0.25) is 0 Å². The minimum Gasteiger partial charge on any atom is -0.354 e. The van der Waals surface area contributed by atoms with Crippen LogP contribution in [0.3, 0.4) is 0 Å². The summed E-state index contributed by atoms with van der Waals surface area (Å²) in [5.74, 6) is -0.216. The largest absolute Gasteiger partial charge is 0.354 e. The van der Waals surface area contributed by atoms with E-state index in [1.807, 2.05) is 30.3 Å². The minimum absolute atomic E-state index is 0.216. The van der Waals surface area contributed by atoms with Crippen molar-refractivity contribution in [2.45, 2.75) is 36.6 Å². The summed E-state index contributed by atoms with van der Waals surface area (Å²) in [6.07, 6.45) is 2.89. The molecule has 1 amide bonds. The van der Waals surface area contributed by atoms with E-state index in [1.54, 1.807) is 24.3 Å². The molecule has 0 spiro atoms. The molecule has 0 radical (unpaired) electrons. The number of hydrogen-bond donors (Lipinski definition) is 1. The first-order valence-electron chi connectivity index (χ1n) is 9.07. The molecular weight excluding hydrogens is 428 g/mol. The lowest BCUT2D eigenvalue weighted by molar-refractivity contribution is -0.125. The van der Waals surface area contributed by atoms with Gasteiger partial charge >= 0.3 is 0 Å². The van der Waals surface area contributed by atoms with E-state index in [9.17, 15) is 13.2 Å². The highest BCUT2D eigenvalue weighted by Crippen LogP contribution is 2.26. The van der Waals surface area contributed by atoms with Crippen LogP contribution in [0, 0.1) is 0 Å². The van der Waals surface area contributed by atoms with Crippen molar-refractivity contribution in [3.8, 4) is 0 Å². The van der Waals surface area contributed by atoms with Crippen molar-refractivity contribution in [3.05, 3.63) is 64.6 Å². The zero-order chi connectivity index (χ0) is 19.3. The van der Waals surface area contributed by atoms with E-state index in [4.69, 9.17) is 0 Å². The average molecular weight is 451 g/mol. The molecule has 2 aromatic rings. The molecule has 1 aliphatic rings. The normalized spacial score (nSPS) is 18.2. The molecule has 2 aromatic carbocycles. The lowest BCUT2D eigenvalue weighted by Gasteiger charge is -2.33. The highest BCUT2D eigenvalue weighted by molar-refractivity contribution is 9.10. The molecule has 0 aliphatic carbocycles. The van der Waals surface area contributed by atoms with Gasteiger partial charge < -0.3 is 5.32 Å². The summed E-state index contributed by atoms with van der Waals surface area (Å²) in [4.78, 5) is 12.9. The fraction of sp³-hybridized carbons (Fsp3) is 0.350. The molecule has 1 aliphatic heterocycles. The van der Waals surface area contributed by atoms with Crippen molar-refractivity contribution >= 4 is 31.9 Å². The van der Waals surface area contributed by atoms with Gasteiger partial charge in [-0.05, 0) is 49.1 Å². The van der Waals surface area contributed by atoms with E-state index < -0.39 is 16.1 Å². The Balaban J connectivity index is 1.69. The summed E-state index contributed by atoms with van der Waals surface area (Å²) in [5.41, 5.74) is 1.14. The van der Waals surface area contributed by atoms with Crippen molar-refractivity contribution in [3.63, 3.8) is 0 Å². The molecule has 7 heteroatoms. The Labute approximate surface area is 169 Å². The molecule has 1 saturated heterocycles. The summed E-state index contributed by atoms with van der Waals surface area (Å²) in [7, 11) is -3.70. The van der Waals surface area contributed by atoms with Crippen LogP contribution < -0.4 is 5.32 Å². The van der Waals surface area contributed by atoms with Crippen LogP contribution in [-0.4, -0.2) is 37.8 Å². The molecule has 0 unspecified atom stereocenters. The maximum Gasteiger partial charge on any atom is 0.243 e. The number of amides is 1. The van der Waals surface area contributed by atoms with Crippen molar-refractivity contribution in [1.29, 1.82) is 0 Å². The zero-order valence-electron chi connectivity index (χ0n) is 15.0. The number of sulfonamides is 1. The number of hydrogen-bond acceptors (Lipinski definition) is 3. The van der Waals surface area contributed by atoms with Crippen molar-refractivity contribution < 1.29 is 13.2 Å². The standard InChI is InChI=1S/C20H23BrN2O3S/c21-17-9-11-18(12-10-17)27(25,26)23-15-5-4-8-19(23)20(24)22-14-13-16-6-2-1-3-7-16/h1-3,6-7,9-12,19H,4-5,8,13-15H2,(H,22,24)/t19-/m1/s1. The van der Waals surface area contributed by atoms with E-state index in [0.717, 1.165) is 29.3 Å². The highest BCUT2D eigenvalue weighted by Gasteiger charge is 2.37. The molecule has 0 bridgehead atoms. The van der Waals surface area contributed by atoms with Crippen molar-refractivity contribution in [2.24, 2.45) is 0 Å². The summed E-state index contributed by atoms with van der Waals surface area (Å²) in [6.45, 7) is 0.862. The van der Waals surface area contributed by atoms with E-state index in [-0.39, 0.29) is 10.8 Å². The summed E-state index contributed by atoms with van der Waals surface area (Å²) < 4.78 is 28.3. The summed E-state index contributed by atoms with van der Waals surface area (Å²) in [5, 5.41) is 2.91. The average Bonchev–Trinajstić information content (AvgIpc) is 2.69. The molecule has 1 heterocycles. The van der Waals surface area contributed by atoms with Crippen LogP contribution in [0.1, 0.15) is 24.8 Å². The fourth-order valence-electron chi connectivity index (χ4n) is 3.29. The van der Waals surface area contributed by atoms with E-state index in [1.165, 1.54) is 4.31 Å². The van der Waals surface area contributed by atoms with Crippen LogP contribution in [-0.2, 0) is 21.2 Å². The topological polar surface area (TPSA) is 66.5 Å². The van der Waals surface area contributed by atoms with Gasteiger partial charge in [0.1, 0.15) is 6.04 Å². The molecular formula is C20H23BrN2O3S. The van der Waals surface area contributed by atoms with E-state index in [0.29, 0.717) is 19.5 Å². The Hall–Kier alpha value is -1.70. The number of halogens is 1. The molecule has 0 aromatic heterocycles. The molecule has 1 N–H and O–H groups in total. The number of rotatable bonds is 6. The second kappa shape index (κ2) is 8.99. The Kier molecular flexibility index (Phi) is 6.68. The lowest BCUT2D eigenvalue weighted by Crippen LogP contribution is -2.52. The van der Waals surface area contributed by atoms with Gasteiger partial charge in [0.05, 0.1) is 4.90 Å². The highest BCUT2D eigenvalue weighted by atomic mass is 79.9. The number of carbonyl (C=O) groups is 1. The minimum atomic E-state index is -3.70.